The molecule has 1 saturated heterocycles. The normalized spacial score (nSPS) is 18.6. The van der Waals surface area contributed by atoms with Crippen molar-refractivity contribution in [1.82, 2.24) is 14.9 Å². The number of amides is 3. The standard InChI is InChI=1S/C20H29N3O6S/c1-15(16-6-4-9-18(12-16)29-17-7-2-3-8-17)22-30(26,27)11-5-10-28-14-23-13-19(24)21-20(23)25/h4,6,9,12,15,17,22H,2-3,5,7-8,10-11,13-14H2,1H3,(H,21,24,25). The molecule has 2 fully saturated rings. The van der Waals surface area contributed by atoms with Gasteiger partial charge in [0.05, 0.1) is 11.9 Å². The van der Waals surface area contributed by atoms with Crippen LogP contribution in [0.2, 0.25) is 0 Å². The van der Waals surface area contributed by atoms with E-state index in [-0.39, 0.29) is 50.1 Å². The first-order chi connectivity index (χ1) is 14.3. The summed E-state index contributed by atoms with van der Waals surface area (Å²) in [6, 6.07) is 6.65. The van der Waals surface area contributed by atoms with Crippen molar-refractivity contribution < 1.29 is 27.5 Å². The Morgan fingerprint density at radius 1 is 1.27 bits per heavy atom. The molecule has 0 bridgehead atoms. The Labute approximate surface area is 177 Å². The zero-order valence-electron chi connectivity index (χ0n) is 17.1. The number of nitrogens with zero attached hydrogens (tertiary/aromatic N) is 1. The van der Waals surface area contributed by atoms with Gasteiger partial charge < -0.3 is 9.47 Å². The zero-order chi connectivity index (χ0) is 21.6. The van der Waals surface area contributed by atoms with E-state index in [1.54, 1.807) is 6.92 Å². The molecule has 166 valence electrons. The maximum absolute atomic E-state index is 12.4. The van der Waals surface area contributed by atoms with Gasteiger partial charge in [0, 0.05) is 12.6 Å². The van der Waals surface area contributed by atoms with Crippen molar-refractivity contribution in [3.05, 3.63) is 29.8 Å². The van der Waals surface area contributed by atoms with Gasteiger partial charge in [0.2, 0.25) is 15.9 Å². The Balaban J connectivity index is 1.40. The molecular weight excluding hydrogens is 410 g/mol. The van der Waals surface area contributed by atoms with E-state index in [1.807, 2.05) is 24.3 Å². The van der Waals surface area contributed by atoms with Crippen LogP contribution in [0.1, 0.15) is 50.6 Å². The minimum absolute atomic E-state index is 0.0419. The number of hydrogen-bond donors (Lipinski definition) is 2. The van der Waals surface area contributed by atoms with Gasteiger partial charge in [-0.05, 0) is 56.7 Å². The molecule has 1 aliphatic heterocycles. The van der Waals surface area contributed by atoms with Crippen LogP contribution in [0.15, 0.2) is 24.3 Å². The highest BCUT2D eigenvalue weighted by Crippen LogP contribution is 2.26. The number of ether oxygens (including phenoxy) is 2. The molecule has 10 heteroatoms. The summed E-state index contributed by atoms with van der Waals surface area (Å²) in [6.45, 7) is 1.87. The first-order valence-electron chi connectivity index (χ1n) is 10.3. The number of urea groups is 1. The fraction of sp³-hybridized carbons (Fsp3) is 0.600. The summed E-state index contributed by atoms with van der Waals surface area (Å²) in [5, 5.41) is 2.15. The van der Waals surface area contributed by atoms with Crippen LogP contribution >= 0.6 is 0 Å². The third-order valence-electron chi connectivity index (χ3n) is 5.14. The van der Waals surface area contributed by atoms with Gasteiger partial charge in [0.25, 0.3) is 0 Å². The predicted octanol–water partition coefficient (Wildman–Crippen LogP) is 1.90. The average Bonchev–Trinajstić information content (AvgIpc) is 3.30. The second-order valence-electron chi connectivity index (χ2n) is 7.70. The second kappa shape index (κ2) is 10.2. The molecule has 30 heavy (non-hydrogen) atoms. The van der Waals surface area contributed by atoms with Crippen LogP contribution in [0.3, 0.4) is 0 Å². The molecule has 1 heterocycles. The van der Waals surface area contributed by atoms with E-state index >= 15 is 0 Å². The topological polar surface area (TPSA) is 114 Å². The monoisotopic (exact) mass is 439 g/mol. The third-order valence-corrected chi connectivity index (χ3v) is 6.68. The fourth-order valence-corrected chi connectivity index (χ4v) is 4.86. The van der Waals surface area contributed by atoms with Crippen LogP contribution in [-0.2, 0) is 19.6 Å². The van der Waals surface area contributed by atoms with Crippen molar-refractivity contribution in [1.29, 1.82) is 0 Å². The number of rotatable bonds is 11. The van der Waals surface area contributed by atoms with E-state index in [2.05, 4.69) is 10.0 Å². The van der Waals surface area contributed by atoms with Crippen LogP contribution in [0.4, 0.5) is 4.79 Å². The van der Waals surface area contributed by atoms with Gasteiger partial charge in [-0.15, -0.1) is 0 Å². The minimum atomic E-state index is -3.50. The van der Waals surface area contributed by atoms with Crippen molar-refractivity contribution in [3.63, 3.8) is 0 Å². The molecule has 1 aromatic carbocycles. The lowest BCUT2D eigenvalue weighted by atomic mass is 10.1. The molecule has 1 aromatic rings. The highest BCUT2D eigenvalue weighted by Gasteiger charge is 2.26. The number of nitrogens with one attached hydrogen (secondary N) is 2. The van der Waals surface area contributed by atoms with Crippen molar-refractivity contribution in [2.24, 2.45) is 0 Å². The van der Waals surface area contributed by atoms with Gasteiger partial charge in [-0.25, -0.2) is 17.9 Å². The molecule has 2 N–H and O–H groups in total. The Morgan fingerprint density at radius 2 is 2.03 bits per heavy atom. The molecular formula is C20H29N3O6S. The van der Waals surface area contributed by atoms with Crippen LogP contribution in [0.5, 0.6) is 5.75 Å². The number of carbonyl (C=O) groups excluding carboxylic acids is 2. The summed E-state index contributed by atoms with van der Waals surface area (Å²) >= 11 is 0. The minimum Gasteiger partial charge on any atom is -0.490 e. The lowest BCUT2D eigenvalue weighted by Crippen LogP contribution is -2.31. The van der Waals surface area contributed by atoms with Crippen molar-refractivity contribution in [2.75, 3.05) is 25.6 Å². The first-order valence-corrected chi connectivity index (χ1v) is 11.9. The Hall–Kier alpha value is -2.17. The van der Waals surface area contributed by atoms with E-state index in [0.29, 0.717) is 0 Å². The SMILES string of the molecule is CC(NS(=O)(=O)CCCOCN1CC(=O)NC1=O)c1cccc(OC2CCCC2)c1. The molecule has 1 aliphatic carbocycles. The van der Waals surface area contributed by atoms with Crippen LogP contribution in [-0.4, -0.2) is 57.0 Å². The number of carbonyl (C=O) groups is 2. The zero-order valence-corrected chi connectivity index (χ0v) is 17.9. The summed E-state index contributed by atoms with van der Waals surface area (Å²) in [5.74, 6) is 0.297. The molecule has 0 aromatic heterocycles. The van der Waals surface area contributed by atoms with Gasteiger partial charge >= 0.3 is 6.03 Å². The molecule has 3 rings (SSSR count). The van der Waals surface area contributed by atoms with Gasteiger partial charge in [-0.3, -0.25) is 15.0 Å². The van der Waals surface area contributed by atoms with E-state index in [1.165, 1.54) is 17.7 Å². The van der Waals surface area contributed by atoms with E-state index in [9.17, 15) is 18.0 Å². The smallest absolute Gasteiger partial charge is 0.326 e. The van der Waals surface area contributed by atoms with E-state index in [0.717, 1.165) is 24.2 Å². The lowest BCUT2D eigenvalue weighted by Gasteiger charge is -2.18. The average molecular weight is 440 g/mol. The molecule has 1 atom stereocenters. The predicted molar refractivity (Wildman–Crippen MR) is 110 cm³/mol. The van der Waals surface area contributed by atoms with Crippen molar-refractivity contribution >= 4 is 22.0 Å². The van der Waals surface area contributed by atoms with Crippen LogP contribution < -0.4 is 14.8 Å². The summed E-state index contributed by atoms with van der Waals surface area (Å²) in [7, 11) is -3.50. The molecule has 1 saturated carbocycles. The summed E-state index contributed by atoms with van der Waals surface area (Å²) in [4.78, 5) is 23.7. The van der Waals surface area contributed by atoms with Gasteiger partial charge in [0.1, 0.15) is 19.0 Å². The van der Waals surface area contributed by atoms with Gasteiger partial charge in [-0.2, -0.15) is 0 Å². The number of hydrogen-bond acceptors (Lipinski definition) is 6. The van der Waals surface area contributed by atoms with E-state index in [4.69, 9.17) is 9.47 Å². The first kappa shape index (κ1) is 22.5. The molecule has 9 nitrogen and oxygen atoms in total. The maximum atomic E-state index is 12.4. The highest BCUT2D eigenvalue weighted by atomic mass is 32.2. The highest BCUT2D eigenvalue weighted by molar-refractivity contribution is 7.89. The Morgan fingerprint density at radius 3 is 2.73 bits per heavy atom. The molecule has 2 aliphatic rings. The Bertz CT molecular complexity index is 854. The van der Waals surface area contributed by atoms with Gasteiger partial charge in [-0.1, -0.05) is 12.1 Å². The largest absolute Gasteiger partial charge is 0.490 e. The second-order valence-corrected chi connectivity index (χ2v) is 9.57. The fourth-order valence-electron chi connectivity index (χ4n) is 3.57. The summed E-state index contributed by atoms with van der Waals surface area (Å²) in [5.41, 5.74) is 0.843. The summed E-state index contributed by atoms with van der Waals surface area (Å²) < 4.78 is 38.7. The van der Waals surface area contributed by atoms with Crippen LogP contribution in [0, 0.1) is 0 Å². The number of benzene rings is 1. The van der Waals surface area contributed by atoms with Crippen molar-refractivity contribution in [2.45, 2.75) is 51.2 Å². The Kier molecular flexibility index (Phi) is 7.68. The third kappa shape index (κ3) is 6.68. The quantitative estimate of drug-likeness (QED) is 0.402. The van der Waals surface area contributed by atoms with Crippen LogP contribution in [0.25, 0.3) is 0 Å². The lowest BCUT2D eigenvalue weighted by molar-refractivity contribution is -0.118. The number of sulfonamides is 1. The van der Waals surface area contributed by atoms with Gasteiger partial charge in [0.15, 0.2) is 0 Å². The molecule has 3 amide bonds. The maximum Gasteiger partial charge on any atom is 0.326 e. The summed E-state index contributed by atoms with van der Waals surface area (Å²) in [6.07, 6.45) is 5.02. The van der Waals surface area contributed by atoms with Crippen molar-refractivity contribution in [3.8, 4) is 5.75 Å². The molecule has 0 spiro atoms. The molecule has 1 unspecified atom stereocenters. The molecule has 0 radical (unpaired) electrons. The number of imide groups is 1. The van der Waals surface area contributed by atoms with E-state index < -0.39 is 16.1 Å².